The van der Waals surface area contributed by atoms with Crippen LogP contribution in [0.1, 0.15) is 24.1 Å². The fourth-order valence-corrected chi connectivity index (χ4v) is 3.27. The Hall–Kier alpha value is -2.44. The van der Waals surface area contributed by atoms with Crippen LogP contribution in [-0.2, 0) is 16.1 Å². The number of amides is 1. The minimum absolute atomic E-state index is 0.0892. The Morgan fingerprint density at radius 3 is 2.89 bits per heavy atom. The summed E-state index contributed by atoms with van der Waals surface area (Å²) in [5.41, 5.74) is 1.73. The monoisotopic (exact) mass is 372 g/mol. The lowest BCUT2D eigenvalue weighted by molar-refractivity contribution is -0.147. The number of piperazine rings is 1. The van der Waals surface area contributed by atoms with E-state index in [0.29, 0.717) is 26.2 Å². The number of carbonyl (C=O) groups excluding carboxylic acids is 1. The lowest BCUT2D eigenvalue weighted by atomic mass is 10.0. The molecule has 0 aromatic heterocycles. The first-order chi connectivity index (χ1) is 13.1. The molecule has 3 rings (SSSR count). The van der Waals surface area contributed by atoms with Gasteiger partial charge in [0.1, 0.15) is 17.7 Å². The van der Waals surface area contributed by atoms with Gasteiger partial charge >= 0.3 is 0 Å². The van der Waals surface area contributed by atoms with E-state index in [2.05, 4.69) is 5.32 Å². The Kier molecular flexibility index (Phi) is 6.42. The van der Waals surface area contributed by atoms with Crippen LogP contribution in [0.3, 0.4) is 0 Å². The van der Waals surface area contributed by atoms with Gasteiger partial charge in [0.25, 0.3) is 5.91 Å². The molecule has 0 spiro atoms. The summed E-state index contributed by atoms with van der Waals surface area (Å²) in [5.74, 6) is 0.366. The summed E-state index contributed by atoms with van der Waals surface area (Å²) in [5, 5.41) is 3.28. The van der Waals surface area contributed by atoms with Gasteiger partial charge < -0.3 is 19.7 Å². The van der Waals surface area contributed by atoms with Crippen LogP contribution in [0.15, 0.2) is 48.5 Å². The molecule has 1 aliphatic rings. The van der Waals surface area contributed by atoms with Gasteiger partial charge in [0.2, 0.25) is 0 Å². The zero-order chi connectivity index (χ0) is 19.2. The van der Waals surface area contributed by atoms with Crippen molar-refractivity contribution >= 4 is 5.91 Å². The normalized spacial score (nSPS) is 18.2. The van der Waals surface area contributed by atoms with Crippen LogP contribution in [0.4, 0.5) is 4.39 Å². The van der Waals surface area contributed by atoms with Gasteiger partial charge in [-0.25, -0.2) is 4.39 Å². The van der Waals surface area contributed by atoms with Crippen LogP contribution < -0.4 is 10.1 Å². The van der Waals surface area contributed by atoms with Gasteiger partial charge in [-0.3, -0.25) is 4.79 Å². The van der Waals surface area contributed by atoms with Crippen LogP contribution >= 0.6 is 0 Å². The molecule has 0 saturated carbocycles. The van der Waals surface area contributed by atoms with Crippen molar-refractivity contribution < 1.29 is 18.7 Å². The molecule has 2 atom stereocenters. The summed E-state index contributed by atoms with van der Waals surface area (Å²) in [4.78, 5) is 14.7. The maximum atomic E-state index is 13.6. The van der Waals surface area contributed by atoms with Gasteiger partial charge in [-0.1, -0.05) is 24.3 Å². The van der Waals surface area contributed by atoms with E-state index in [1.165, 1.54) is 12.1 Å². The van der Waals surface area contributed by atoms with Gasteiger partial charge in [-0.05, 0) is 42.3 Å². The van der Waals surface area contributed by atoms with Crippen LogP contribution in [0.5, 0.6) is 5.75 Å². The minimum atomic E-state index is -0.592. The highest BCUT2D eigenvalue weighted by atomic mass is 19.1. The van der Waals surface area contributed by atoms with Gasteiger partial charge in [0, 0.05) is 19.6 Å². The highest BCUT2D eigenvalue weighted by Crippen LogP contribution is 2.24. The molecule has 2 aromatic carbocycles. The second kappa shape index (κ2) is 8.97. The smallest absolute Gasteiger partial charge is 0.252 e. The van der Waals surface area contributed by atoms with Crippen molar-refractivity contribution in [3.63, 3.8) is 0 Å². The van der Waals surface area contributed by atoms with E-state index >= 15 is 0 Å². The van der Waals surface area contributed by atoms with Gasteiger partial charge in [-0.2, -0.15) is 0 Å². The van der Waals surface area contributed by atoms with Crippen molar-refractivity contribution in [1.82, 2.24) is 10.2 Å². The number of hydrogen-bond acceptors (Lipinski definition) is 4. The number of nitrogens with zero attached hydrogens (tertiary/aromatic N) is 1. The Bertz CT molecular complexity index is 784. The van der Waals surface area contributed by atoms with E-state index in [-0.39, 0.29) is 17.8 Å². The predicted octanol–water partition coefficient (Wildman–Crippen LogP) is 2.91. The first-order valence-corrected chi connectivity index (χ1v) is 9.09. The topological polar surface area (TPSA) is 50.8 Å². The molecule has 2 aromatic rings. The second-order valence-corrected chi connectivity index (χ2v) is 6.61. The van der Waals surface area contributed by atoms with Crippen molar-refractivity contribution in [2.75, 3.05) is 26.7 Å². The van der Waals surface area contributed by atoms with E-state index in [1.54, 1.807) is 25.0 Å². The number of rotatable bonds is 6. The van der Waals surface area contributed by atoms with Crippen molar-refractivity contribution in [2.45, 2.75) is 25.7 Å². The molecule has 1 saturated heterocycles. The molecule has 1 N–H and O–H groups in total. The standard InChI is InChI=1S/C21H25FN2O3/c1-15(27-14-16-5-3-8-19(11-16)26-2)21(25)24-10-9-23-13-20(24)17-6-4-7-18(22)12-17/h3-8,11-12,15,20,23H,9-10,13-14H2,1-2H3. The van der Waals surface area contributed by atoms with Crippen molar-refractivity contribution in [2.24, 2.45) is 0 Å². The predicted molar refractivity (Wildman–Crippen MR) is 101 cm³/mol. The van der Waals surface area contributed by atoms with Crippen molar-refractivity contribution in [3.05, 3.63) is 65.5 Å². The van der Waals surface area contributed by atoms with E-state index < -0.39 is 6.10 Å². The largest absolute Gasteiger partial charge is 0.497 e. The first-order valence-electron chi connectivity index (χ1n) is 9.09. The third kappa shape index (κ3) is 4.84. The Morgan fingerprint density at radius 2 is 2.11 bits per heavy atom. The molecular formula is C21H25FN2O3. The summed E-state index contributed by atoms with van der Waals surface area (Å²) in [6.07, 6.45) is -0.592. The van der Waals surface area contributed by atoms with E-state index in [1.807, 2.05) is 30.3 Å². The second-order valence-electron chi connectivity index (χ2n) is 6.61. The van der Waals surface area contributed by atoms with Gasteiger partial charge in [0.05, 0.1) is 19.8 Å². The molecule has 1 fully saturated rings. The SMILES string of the molecule is COc1cccc(COC(C)C(=O)N2CCNCC2c2cccc(F)c2)c1. The third-order valence-corrected chi connectivity index (χ3v) is 4.74. The fourth-order valence-electron chi connectivity index (χ4n) is 3.27. The molecule has 2 unspecified atom stereocenters. The van der Waals surface area contributed by atoms with E-state index in [4.69, 9.17) is 9.47 Å². The fraction of sp³-hybridized carbons (Fsp3) is 0.381. The number of ether oxygens (including phenoxy) is 2. The molecule has 0 bridgehead atoms. The maximum absolute atomic E-state index is 13.6. The molecule has 27 heavy (non-hydrogen) atoms. The summed E-state index contributed by atoms with van der Waals surface area (Å²) in [7, 11) is 1.61. The number of hydrogen-bond donors (Lipinski definition) is 1. The highest BCUT2D eigenvalue weighted by molar-refractivity contribution is 5.81. The molecular weight excluding hydrogens is 347 g/mol. The first kappa shape index (κ1) is 19.3. The summed E-state index contributed by atoms with van der Waals surface area (Å²) in [6, 6.07) is 13.8. The minimum Gasteiger partial charge on any atom is -0.497 e. The Morgan fingerprint density at radius 1 is 1.30 bits per heavy atom. The molecule has 0 radical (unpaired) electrons. The van der Waals surface area contributed by atoms with Crippen molar-refractivity contribution in [1.29, 1.82) is 0 Å². The van der Waals surface area contributed by atoms with Crippen LogP contribution in [-0.4, -0.2) is 43.7 Å². The molecule has 1 amide bonds. The summed E-state index contributed by atoms with van der Waals surface area (Å²) in [6.45, 7) is 3.94. The highest BCUT2D eigenvalue weighted by Gasteiger charge is 2.31. The Labute approximate surface area is 159 Å². The summed E-state index contributed by atoms with van der Waals surface area (Å²) >= 11 is 0. The number of carbonyl (C=O) groups is 1. The molecule has 1 aliphatic heterocycles. The van der Waals surface area contributed by atoms with Crippen LogP contribution in [0, 0.1) is 5.82 Å². The lowest BCUT2D eigenvalue weighted by Gasteiger charge is -2.38. The lowest BCUT2D eigenvalue weighted by Crippen LogP contribution is -2.51. The molecule has 144 valence electrons. The zero-order valence-electron chi connectivity index (χ0n) is 15.7. The maximum Gasteiger partial charge on any atom is 0.252 e. The zero-order valence-corrected chi connectivity index (χ0v) is 15.7. The Balaban J connectivity index is 1.66. The number of methoxy groups -OCH3 is 1. The van der Waals surface area contributed by atoms with Crippen LogP contribution in [0.2, 0.25) is 0 Å². The van der Waals surface area contributed by atoms with E-state index in [0.717, 1.165) is 16.9 Å². The number of nitrogens with one attached hydrogen (secondary N) is 1. The van der Waals surface area contributed by atoms with Gasteiger partial charge in [0.15, 0.2) is 0 Å². The number of halogens is 1. The average Bonchev–Trinajstić information content (AvgIpc) is 2.71. The molecule has 0 aliphatic carbocycles. The number of benzene rings is 2. The molecule has 6 heteroatoms. The molecule has 1 heterocycles. The van der Waals surface area contributed by atoms with Gasteiger partial charge in [-0.15, -0.1) is 0 Å². The van der Waals surface area contributed by atoms with Crippen molar-refractivity contribution in [3.8, 4) is 5.75 Å². The summed E-state index contributed by atoms with van der Waals surface area (Å²) < 4.78 is 24.6. The average molecular weight is 372 g/mol. The molecule has 5 nitrogen and oxygen atoms in total. The van der Waals surface area contributed by atoms with Crippen LogP contribution in [0.25, 0.3) is 0 Å². The van der Waals surface area contributed by atoms with E-state index in [9.17, 15) is 9.18 Å². The third-order valence-electron chi connectivity index (χ3n) is 4.74. The quantitative estimate of drug-likeness (QED) is 0.847.